The van der Waals surface area contributed by atoms with Crippen LogP contribution in [0.3, 0.4) is 0 Å². The van der Waals surface area contributed by atoms with E-state index in [1.165, 1.54) is 6.20 Å². The molecule has 0 aliphatic heterocycles. The average Bonchev–Trinajstić information content (AvgIpc) is 2.56. The van der Waals surface area contributed by atoms with Gasteiger partial charge in [0.25, 0.3) is 5.78 Å². The van der Waals surface area contributed by atoms with Crippen molar-refractivity contribution in [2.45, 2.75) is 6.92 Å². The van der Waals surface area contributed by atoms with E-state index in [-0.39, 0.29) is 17.3 Å². The predicted molar refractivity (Wildman–Crippen MR) is 82.1 cm³/mol. The van der Waals surface area contributed by atoms with Crippen LogP contribution in [0.1, 0.15) is 17.3 Å². The highest BCUT2D eigenvalue weighted by Gasteiger charge is 2.34. The summed E-state index contributed by atoms with van der Waals surface area (Å²) in [7, 11) is 0. The molecule has 0 unspecified atom stereocenters. The molecule has 1 heterocycles. The molecule has 0 bridgehead atoms. The number of esters is 1. The Kier molecular flexibility index (Phi) is 5.30. The van der Waals surface area contributed by atoms with E-state index in [0.717, 1.165) is 5.56 Å². The van der Waals surface area contributed by atoms with Crippen molar-refractivity contribution in [3.63, 3.8) is 0 Å². The highest BCUT2D eigenvalue weighted by molar-refractivity contribution is 6.66. The Hall–Kier alpha value is -2.89. The first-order chi connectivity index (χ1) is 11.1. The van der Waals surface area contributed by atoms with Gasteiger partial charge in [-0.3, -0.25) is 4.79 Å². The molecular weight excluding hydrogens is 320 g/mol. The Morgan fingerprint density at radius 3 is 2.57 bits per heavy atom. The molecule has 0 radical (unpaired) electrons. The fraction of sp³-hybridized carbons (Fsp3) is 0.133. The lowest BCUT2D eigenvalue weighted by molar-refractivity contribution is -0.139. The third-order valence-corrected chi connectivity index (χ3v) is 3.09. The molecule has 2 aromatic rings. The lowest BCUT2D eigenvalue weighted by Gasteiger charge is -2.03. The van der Waals surface area contributed by atoms with Crippen molar-refractivity contribution in [1.29, 1.82) is 0 Å². The largest absolute Gasteiger partial charge is 0.457 e. The maximum Gasteiger partial charge on any atom is 0.446 e. The smallest absolute Gasteiger partial charge is 0.446 e. The molecule has 1 aromatic carbocycles. The molecule has 0 fully saturated rings. The van der Waals surface area contributed by atoms with Crippen LogP contribution in [-0.4, -0.2) is 38.8 Å². The van der Waals surface area contributed by atoms with E-state index in [1.807, 2.05) is 18.2 Å². The molecule has 23 heavy (non-hydrogen) atoms. The highest BCUT2D eigenvalue weighted by atomic mass is 35.5. The van der Waals surface area contributed by atoms with Crippen molar-refractivity contribution < 1.29 is 19.1 Å². The topological polar surface area (TPSA) is 106 Å². The lowest BCUT2D eigenvalue weighted by Crippen LogP contribution is -2.28. The Labute approximate surface area is 136 Å². The number of aromatic nitrogens is 2. The summed E-state index contributed by atoms with van der Waals surface area (Å²) in [4.78, 5) is 34.5. The summed E-state index contributed by atoms with van der Waals surface area (Å²) >= 11 is 6.00. The molecule has 1 aromatic heterocycles. The SMILES string of the molecule is CCOC(=O)C(=[N+]=[N-])C(=O)c1cnc(-c2ccccc2)nc1Cl. The van der Waals surface area contributed by atoms with E-state index >= 15 is 0 Å². The summed E-state index contributed by atoms with van der Waals surface area (Å²) in [6, 6.07) is 9.02. The van der Waals surface area contributed by atoms with Gasteiger partial charge in [-0.2, -0.15) is 4.79 Å². The number of carbonyl (C=O) groups excluding carboxylic acids is 2. The van der Waals surface area contributed by atoms with Crippen LogP contribution < -0.4 is 0 Å². The zero-order valence-electron chi connectivity index (χ0n) is 12.1. The van der Waals surface area contributed by atoms with Crippen LogP contribution in [0.5, 0.6) is 0 Å². The second-order valence-corrected chi connectivity index (χ2v) is 4.62. The molecule has 8 heteroatoms. The number of rotatable bonds is 5. The van der Waals surface area contributed by atoms with Crippen molar-refractivity contribution in [3.05, 3.63) is 52.8 Å². The first-order valence-corrected chi connectivity index (χ1v) is 6.98. The van der Waals surface area contributed by atoms with Gasteiger partial charge in [0.1, 0.15) is 5.15 Å². The van der Waals surface area contributed by atoms with Crippen molar-refractivity contribution >= 4 is 29.1 Å². The standard InChI is InChI=1S/C15H11ClN4O3/c1-2-23-15(22)11(20-17)12(21)10-8-18-14(19-13(10)16)9-6-4-3-5-7-9/h3-8H,2H2,1H3. The van der Waals surface area contributed by atoms with Gasteiger partial charge >= 0.3 is 11.7 Å². The summed E-state index contributed by atoms with van der Waals surface area (Å²) in [5.74, 6) is -1.65. The predicted octanol–water partition coefficient (Wildman–Crippen LogP) is 2.21. The van der Waals surface area contributed by atoms with Crippen LogP contribution in [0, 0.1) is 0 Å². The summed E-state index contributed by atoms with van der Waals surface area (Å²) in [6.45, 7) is 1.59. The zero-order valence-corrected chi connectivity index (χ0v) is 12.8. The number of carbonyl (C=O) groups is 2. The number of halogens is 1. The number of hydrogen-bond acceptors (Lipinski definition) is 5. The first-order valence-electron chi connectivity index (χ1n) is 6.60. The van der Waals surface area contributed by atoms with Crippen molar-refractivity contribution in [2.24, 2.45) is 0 Å². The van der Waals surface area contributed by atoms with Gasteiger partial charge in [0, 0.05) is 11.8 Å². The molecule has 0 atom stereocenters. The molecular formula is C15H11ClN4O3. The van der Waals surface area contributed by atoms with Gasteiger partial charge in [-0.1, -0.05) is 41.9 Å². The zero-order chi connectivity index (χ0) is 16.8. The molecule has 7 nitrogen and oxygen atoms in total. The third-order valence-electron chi connectivity index (χ3n) is 2.80. The van der Waals surface area contributed by atoms with Gasteiger partial charge in [-0.05, 0) is 6.92 Å². The maximum absolute atomic E-state index is 12.2. The van der Waals surface area contributed by atoms with Crippen molar-refractivity contribution in [2.75, 3.05) is 6.61 Å². The molecule has 0 aliphatic rings. The molecule has 0 saturated carbocycles. The number of ether oxygens (including phenoxy) is 1. The fourth-order valence-electron chi connectivity index (χ4n) is 1.75. The number of ketones is 1. The minimum atomic E-state index is -1.05. The summed E-state index contributed by atoms with van der Waals surface area (Å²) in [6.07, 6.45) is 1.17. The van der Waals surface area contributed by atoms with Crippen LogP contribution in [0.2, 0.25) is 5.15 Å². The lowest BCUT2D eigenvalue weighted by atomic mass is 10.1. The second kappa shape index (κ2) is 7.40. The molecule has 116 valence electrons. The Morgan fingerprint density at radius 2 is 2.00 bits per heavy atom. The van der Waals surface area contributed by atoms with Crippen molar-refractivity contribution in [1.82, 2.24) is 9.97 Å². The van der Waals surface area contributed by atoms with Gasteiger partial charge < -0.3 is 10.3 Å². The van der Waals surface area contributed by atoms with Crippen LogP contribution in [0.15, 0.2) is 36.5 Å². The van der Waals surface area contributed by atoms with Crippen LogP contribution in [0.4, 0.5) is 0 Å². The molecule has 0 N–H and O–H groups in total. The third kappa shape index (κ3) is 3.66. The second-order valence-electron chi connectivity index (χ2n) is 4.26. The number of benzene rings is 1. The minimum absolute atomic E-state index is 0.0301. The molecule has 0 amide bonds. The number of hydrogen-bond donors (Lipinski definition) is 0. The van der Waals surface area contributed by atoms with E-state index in [9.17, 15) is 9.59 Å². The Morgan fingerprint density at radius 1 is 1.30 bits per heavy atom. The van der Waals surface area contributed by atoms with Gasteiger partial charge in [-0.25, -0.2) is 14.8 Å². The summed E-state index contributed by atoms with van der Waals surface area (Å²) < 4.78 is 4.64. The number of nitrogens with zero attached hydrogens (tertiary/aromatic N) is 4. The van der Waals surface area contributed by atoms with Gasteiger partial charge in [0.05, 0.1) is 12.2 Å². The maximum atomic E-state index is 12.2. The molecule has 2 rings (SSSR count). The number of Topliss-reactive ketones (excluding diaryl/α,β-unsaturated/α-hetero) is 1. The van der Waals surface area contributed by atoms with E-state index in [4.69, 9.17) is 17.1 Å². The average molecular weight is 331 g/mol. The summed E-state index contributed by atoms with van der Waals surface area (Å²) in [5.41, 5.74) is 8.63. The van der Waals surface area contributed by atoms with Crippen LogP contribution in [0.25, 0.3) is 16.9 Å². The van der Waals surface area contributed by atoms with Gasteiger partial charge in [-0.15, -0.1) is 0 Å². The normalized spacial score (nSPS) is 9.83. The molecule has 0 spiro atoms. The minimum Gasteiger partial charge on any atom is -0.457 e. The van der Waals surface area contributed by atoms with E-state index < -0.39 is 17.5 Å². The van der Waals surface area contributed by atoms with E-state index in [0.29, 0.717) is 5.82 Å². The fourth-order valence-corrected chi connectivity index (χ4v) is 1.96. The Bertz CT molecular complexity index is 802. The highest BCUT2D eigenvalue weighted by Crippen LogP contribution is 2.19. The first kappa shape index (κ1) is 16.5. The summed E-state index contributed by atoms with van der Waals surface area (Å²) in [5, 5.41) is -0.158. The molecule has 0 saturated heterocycles. The molecule has 0 aliphatic carbocycles. The van der Waals surface area contributed by atoms with Crippen LogP contribution >= 0.6 is 11.6 Å². The van der Waals surface area contributed by atoms with Gasteiger partial charge in [0.2, 0.25) is 0 Å². The van der Waals surface area contributed by atoms with Gasteiger partial charge in [0.15, 0.2) is 5.82 Å². The van der Waals surface area contributed by atoms with E-state index in [1.54, 1.807) is 19.1 Å². The Balaban J connectivity index is 2.36. The van der Waals surface area contributed by atoms with Crippen molar-refractivity contribution in [3.8, 4) is 11.4 Å². The quantitative estimate of drug-likeness (QED) is 0.159. The van der Waals surface area contributed by atoms with E-state index in [2.05, 4.69) is 19.5 Å². The monoisotopic (exact) mass is 330 g/mol. The van der Waals surface area contributed by atoms with Crippen LogP contribution in [-0.2, 0) is 9.53 Å².